The van der Waals surface area contributed by atoms with Gasteiger partial charge in [0.05, 0.1) is 29.1 Å². The number of benzene rings is 2. The van der Waals surface area contributed by atoms with Gasteiger partial charge in [-0.05, 0) is 67.4 Å². The summed E-state index contributed by atoms with van der Waals surface area (Å²) in [4.78, 5) is 27.0. The monoisotopic (exact) mass is 428 g/mol. The number of nitrogens with one attached hydrogen (secondary N) is 1. The SMILES string of the molecule is Cc1cc2c(cc1C)-n1nccc1CC(=O)N2CC(=O)Nc1ccc(C(F)(F)F)cc1. The van der Waals surface area contributed by atoms with Crippen LogP contribution < -0.4 is 10.2 Å². The third-order valence-electron chi connectivity index (χ3n) is 5.26. The quantitative estimate of drug-likeness (QED) is 0.685. The van der Waals surface area contributed by atoms with E-state index in [0.717, 1.165) is 23.3 Å². The number of nitrogens with zero attached hydrogens (tertiary/aromatic N) is 3. The predicted octanol–water partition coefficient (Wildman–Crippen LogP) is 4.04. The molecule has 4 rings (SSSR count). The smallest absolute Gasteiger partial charge is 0.325 e. The van der Waals surface area contributed by atoms with Gasteiger partial charge in [-0.15, -0.1) is 0 Å². The minimum absolute atomic E-state index is 0.0698. The lowest BCUT2D eigenvalue weighted by Gasteiger charge is -2.23. The van der Waals surface area contributed by atoms with E-state index in [1.165, 1.54) is 17.0 Å². The summed E-state index contributed by atoms with van der Waals surface area (Å²) in [5.41, 5.74) is 3.34. The number of alkyl halides is 3. The number of carbonyl (C=O) groups is 2. The van der Waals surface area contributed by atoms with Crippen LogP contribution >= 0.6 is 0 Å². The van der Waals surface area contributed by atoms with Gasteiger partial charge in [0.15, 0.2) is 0 Å². The summed E-state index contributed by atoms with van der Waals surface area (Å²) >= 11 is 0. The molecule has 0 bridgehead atoms. The zero-order valence-corrected chi connectivity index (χ0v) is 16.8. The molecule has 2 aromatic carbocycles. The Kier molecular flexibility index (Phi) is 5.04. The van der Waals surface area contributed by atoms with Crippen molar-refractivity contribution in [3.05, 3.63) is 71.0 Å². The minimum Gasteiger partial charge on any atom is -0.325 e. The van der Waals surface area contributed by atoms with Gasteiger partial charge in [0, 0.05) is 11.9 Å². The third-order valence-corrected chi connectivity index (χ3v) is 5.26. The highest BCUT2D eigenvalue weighted by molar-refractivity contribution is 6.05. The second-order valence-electron chi connectivity index (χ2n) is 7.44. The van der Waals surface area contributed by atoms with Gasteiger partial charge < -0.3 is 10.2 Å². The van der Waals surface area contributed by atoms with Crippen molar-refractivity contribution in [3.8, 4) is 5.69 Å². The standard InChI is InChI=1S/C22H19F3N4O2/c1-13-9-18-19(10-14(13)2)29-17(7-8-26-29)11-21(31)28(18)12-20(30)27-16-5-3-15(4-6-16)22(23,24)25/h3-10H,11-12H2,1-2H3,(H,27,30). The number of hydrogen-bond acceptors (Lipinski definition) is 3. The second kappa shape index (κ2) is 7.57. The highest BCUT2D eigenvalue weighted by atomic mass is 19.4. The molecule has 0 spiro atoms. The molecule has 31 heavy (non-hydrogen) atoms. The number of aryl methyl sites for hydroxylation is 2. The molecule has 0 atom stereocenters. The fourth-order valence-electron chi connectivity index (χ4n) is 3.50. The van der Waals surface area contributed by atoms with E-state index in [1.807, 2.05) is 26.0 Å². The van der Waals surface area contributed by atoms with E-state index in [1.54, 1.807) is 16.9 Å². The van der Waals surface area contributed by atoms with Gasteiger partial charge >= 0.3 is 6.18 Å². The number of aromatic nitrogens is 2. The zero-order chi connectivity index (χ0) is 22.3. The highest BCUT2D eigenvalue weighted by Crippen LogP contribution is 2.32. The molecule has 0 fully saturated rings. The van der Waals surface area contributed by atoms with Gasteiger partial charge in [0.25, 0.3) is 0 Å². The minimum atomic E-state index is -4.45. The van der Waals surface area contributed by atoms with Crippen LogP contribution in [0.5, 0.6) is 0 Å². The van der Waals surface area contributed by atoms with Gasteiger partial charge in [-0.1, -0.05) is 0 Å². The maximum Gasteiger partial charge on any atom is 0.416 e. The average molecular weight is 428 g/mol. The Morgan fingerprint density at radius 3 is 2.35 bits per heavy atom. The number of rotatable bonds is 3. The van der Waals surface area contributed by atoms with E-state index in [4.69, 9.17) is 0 Å². The molecule has 2 amide bonds. The van der Waals surface area contributed by atoms with Crippen LogP contribution in [0, 0.1) is 13.8 Å². The molecule has 0 saturated carbocycles. The molecule has 3 aromatic rings. The van der Waals surface area contributed by atoms with Gasteiger partial charge in [-0.2, -0.15) is 18.3 Å². The Morgan fingerprint density at radius 2 is 1.71 bits per heavy atom. The van der Waals surface area contributed by atoms with E-state index in [2.05, 4.69) is 10.4 Å². The first kappa shape index (κ1) is 20.6. The molecule has 2 heterocycles. The lowest BCUT2D eigenvalue weighted by atomic mass is 10.1. The number of carbonyl (C=O) groups excluding carboxylic acids is 2. The van der Waals surface area contributed by atoms with Crippen molar-refractivity contribution in [3.63, 3.8) is 0 Å². The number of hydrogen-bond donors (Lipinski definition) is 1. The van der Waals surface area contributed by atoms with Gasteiger partial charge in [-0.25, -0.2) is 4.68 Å². The van der Waals surface area contributed by atoms with Crippen molar-refractivity contribution in [2.75, 3.05) is 16.8 Å². The molecule has 1 aromatic heterocycles. The number of fused-ring (bicyclic) bond motifs is 3. The highest BCUT2D eigenvalue weighted by Gasteiger charge is 2.31. The van der Waals surface area contributed by atoms with Crippen LogP contribution in [0.1, 0.15) is 22.4 Å². The lowest BCUT2D eigenvalue weighted by molar-refractivity contribution is -0.137. The van der Waals surface area contributed by atoms with E-state index in [0.29, 0.717) is 17.1 Å². The number of halogens is 3. The Labute approximate surface area is 176 Å². The summed E-state index contributed by atoms with van der Waals surface area (Å²) < 4.78 is 39.9. The molecule has 6 nitrogen and oxygen atoms in total. The predicted molar refractivity (Wildman–Crippen MR) is 109 cm³/mol. The maximum absolute atomic E-state index is 13.0. The van der Waals surface area contributed by atoms with Crippen LogP contribution in [0.15, 0.2) is 48.7 Å². The second-order valence-corrected chi connectivity index (χ2v) is 7.44. The topological polar surface area (TPSA) is 67.2 Å². The van der Waals surface area contributed by atoms with Crippen molar-refractivity contribution in [2.45, 2.75) is 26.4 Å². The Hall–Kier alpha value is -3.62. The van der Waals surface area contributed by atoms with Gasteiger partial charge in [-0.3, -0.25) is 9.59 Å². The normalized spacial score (nSPS) is 13.5. The van der Waals surface area contributed by atoms with Crippen molar-refractivity contribution < 1.29 is 22.8 Å². The largest absolute Gasteiger partial charge is 0.416 e. The molecule has 0 unspecified atom stereocenters. The summed E-state index contributed by atoms with van der Waals surface area (Å²) in [5.74, 6) is -0.789. The number of anilines is 2. The first-order chi connectivity index (χ1) is 14.6. The van der Waals surface area contributed by atoms with Crippen LogP contribution in [0.4, 0.5) is 24.5 Å². The van der Waals surface area contributed by atoms with Crippen molar-refractivity contribution in [1.82, 2.24) is 9.78 Å². The fraction of sp³-hybridized carbons (Fsp3) is 0.227. The Morgan fingerprint density at radius 1 is 1.06 bits per heavy atom. The molecular formula is C22H19F3N4O2. The van der Waals surface area contributed by atoms with Crippen molar-refractivity contribution >= 4 is 23.2 Å². The summed E-state index contributed by atoms with van der Waals surface area (Å²) in [6.45, 7) is 3.59. The van der Waals surface area contributed by atoms with E-state index >= 15 is 0 Å². The first-order valence-corrected chi connectivity index (χ1v) is 9.55. The van der Waals surface area contributed by atoms with E-state index in [9.17, 15) is 22.8 Å². The first-order valence-electron chi connectivity index (χ1n) is 9.55. The van der Waals surface area contributed by atoms with E-state index in [-0.39, 0.29) is 24.6 Å². The summed E-state index contributed by atoms with van der Waals surface area (Å²) in [6.07, 6.45) is -2.76. The van der Waals surface area contributed by atoms with Crippen LogP contribution in [0.25, 0.3) is 5.69 Å². The van der Waals surface area contributed by atoms with Crippen molar-refractivity contribution in [2.24, 2.45) is 0 Å². The molecule has 0 saturated heterocycles. The molecule has 1 aliphatic rings. The van der Waals surface area contributed by atoms with Crippen LogP contribution in [-0.2, 0) is 22.2 Å². The van der Waals surface area contributed by atoms with Gasteiger partial charge in [0.2, 0.25) is 11.8 Å². The van der Waals surface area contributed by atoms with Crippen LogP contribution in [-0.4, -0.2) is 28.1 Å². The summed E-state index contributed by atoms with van der Waals surface area (Å²) in [6, 6.07) is 9.66. The summed E-state index contributed by atoms with van der Waals surface area (Å²) in [5, 5.41) is 6.88. The maximum atomic E-state index is 13.0. The van der Waals surface area contributed by atoms with Crippen LogP contribution in [0.2, 0.25) is 0 Å². The fourth-order valence-corrected chi connectivity index (χ4v) is 3.50. The molecule has 160 valence electrons. The van der Waals surface area contributed by atoms with Crippen LogP contribution in [0.3, 0.4) is 0 Å². The third kappa shape index (κ3) is 4.03. The molecular weight excluding hydrogens is 409 g/mol. The molecule has 1 aliphatic heterocycles. The summed E-state index contributed by atoms with van der Waals surface area (Å²) in [7, 11) is 0. The zero-order valence-electron chi connectivity index (χ0n) is 16.8. The lowest BCUT2D eigenvalue weighted by Crippen LogP contribution is -2.38. The molecule has 1 N–H and O–H groups in total. The number of amides is 2. The molecule has 0 aliphatic carbocycles. The Balaban J connectivity index is 1.61. The van der Waals surface area contributed by atoms with Crippen molar-refractivity contribution in [1.29, 1.82) is 0 Å². The molecule has 0 radical (unpaired) electrons. The molecule has 9 heteroatoms. The van der Waals surface area contributed by atoms with Gasteiger partial charge in [0.1, 0.15) is 6.54 Å². The van der Waals surface area contributed by atoms with E-state index < -0.39 is 17.6 Å². The average Bonchev–Trinajstić information content (AvgIpc) is 3.12. The Bertz CT molecular complexity index is 1170.